The highest BCUT2D eigenvalue weighted by molar-refractivity contribution is 7.99. The van der Waals surface area contributed by atoms with E-state index in [1.807, 2.05) is 13.8 Å². The van der Waals surface area contributed by atoms with Crippen LogP contribution < -0.4 is 0 Å². The molecule has 0 aliphatic heterocycles. The number of thioether (sulfide) groups is 1. The molecule has 2 rings (SSSR count). The average molecular weight is 255 g/mol. The first-order valence-corrected chi connectivity index (χ1v) is 6.70. The van der Waals surface area contributed by atoms with Crippen molar-refractivity contribution in [3.63, 3.8) is 0 Å². The molecule has 4 nitrogen and oxygen atoms in total. The van der Waals surface area contributed by atoms with Crippen LogP contribution in [0, 0.1) is 13.8 Å². The minimum absolute atomic E-state index is 0.442. The summed E-state index contributed by atoms with van der Waals surface area (Å²) in [5.74, 6) is 0.575. The fourth-order valence-corrected chi connectivity index (χ4v) is 2.74. The highest BCUT2D eigenvalue weighted by Gasteiger charge is 2.15. The number of thiazole rings is 1. The van der Waals surface area contributed by atoms with Gasteiger partial charge in [0.25, 0.3) is 11.1 Å². The Morgan fingerprint density at radius 2 is 2.00 bits per heavy atom. The Morgan fingerprint density at radius 1 is 1.25 bits per heavy atom. The molecule has 2 heterocycles. The Morgan fingerprint density at radius 3 is 2.56 bits per heavy atom. The summed E-state index contributed by atoms with van der Waals surface area (Å²) < 4.78 is 5.59. The second-order valence-corrected chi connectivity index (χ2v) is 6.42. The fourth-order valence-electron chi connectivity index (χ4n) is 1.28. The molecule has 6 heteroatoms. The van der Waals surface area contributed by atoms with Gasteiger partial charge in [0.2, 0.25) is 0 Å². The third kappa shape index (κ3) is 2.44. The molecule has 0 atom stereocenters. The summed E-state index contributed by atoms with van der Waals surface area (Å²) in [6.45, 7) is 8.12. The smallest absolute Gasteiger partial charge is 0.277 e. The van der Waals surface area contributed by atoms with Crippen molar-refractivity contribution in [2.75, 3.05) is 0 Å². The van der Waals surface area contributed by atoms with E-state index in [0.717, 1.165) is 15.6 Å². The van der Waals surface area contributed by atoms with E-state index in [2.05, 4.69) is 29.0 Å². The normalized spacial score (nSPS) is 11.3. The molecular weight excluding hydrogens is 242 g/mol. The molecule has 0 fully saturated rings. The predicted octanol–water partition coefficient (Wildman–Crippen LogP) is 3.31. The lowest BCUT2D eigenvalue weighted by atomic mass is 10.4. The van der Waals surface area contributed by atoms with E-state index in [0.29, 0.717) is 16.4 Å². The molecule has 0 saturated heterocycles. The molecule has 0 unspecified atom stereocenters. The second kappa shape index (κ2) is 4.55. The molecule has 0 aliphatic rings. The Balaban J connectivity index is 2.28. The number of aryl methyl sites for hydroxylation is 2. The maximum absolute atomic E-state index is 5.59. The number of hydrogen-bond acceptors (Lipinski definition) is 6. The van der Waals surface area contributed by atoms with Gasteiger partial charge in [0.1, 0.15) is 4.88 Å². The van der Waals surface area contributed by atoms with Crippen molar-refractivity contribution in [3.05, 3.63) is 10.7 Å². The van der Waals surface area contributed by atoms with Gasteiger partial charge in [-0.3, -0.25) is 0 Å². The molecule has 86 valence electrons. The monoisotopic (exact) mass is 255 g/mol. The zero-order chi connectivity index (χ0) is 11.7. The third-order valence-electron chi connectivity index (χ3n) is 1.84. The maximum atomic E-state index is 5.59. The van der Waals surface area contributed by atoms with Gasteiger partial charge in [0.05, 0.1) is 10.7 Å². The van der Waals surface area contributed by atoms with Gasteiger partial charge in [0.15, 0.2) is 0 Å². The van der Waals surface area contributed by atoms with Crippen LogP contribution in [-0.2, 0) is 0 Å². The summed E-state index contributed by atoms with van der Waals surface area (Å²) in [7, 11) is 0. The summed E-state index contributed by atoms with van der Waals surface area (Å²) in [6.07, 6.45) is 0. The Kier molecular flexibility index (Phi) is 3.30. The van der Waals surface area contributed by atoms with Crippen LogP contribution in [0.2, 0.25) is 0 Å². The SMILES string of the molecule is Cc1nc(C)c(-c2nnc(SC(C)C)o2)s1. The zero-order valence-corrected chi connectivity index (χ0v) is 11.3. The minimum atomic E-state index is 0.442. The lowest BCUT2D eigenvalue weighted by Crippen LogP contribution is -1.84. The summed E-state index contributed by atoms with van der Waals surface area (Å²) in [6, 6.07) is 0. The van der Waals surface area contributed by atoms with E-state index < -0.39 is 0 Å². The topological polar surface area (TPSA) is 51.8 Å². The number of hydrogen-bond donors (Lipinski definition) is 0. The Labute approximate surface area is 102 Å². The minimum Gasteiger partial charge on any atom is -0.410 e. The molecular formula is C10H13N3OS2. The predicted molar refractivity (Wildman–Crippen MR) is 65.9 cm³/mol. The highest BCUT2D eigenvalue weighted by atomic mass is 32.2. The van der Waals surface area contributed by atoms with E-state index in [-0.39, 0.29) is 0 Å². The van der Waals surface area contributed by atoms with Crippen molar-refractivity contribution in [2.45, 2.75) is 38.2 Å². The van der Waals surface area contributed by atoms with Gasteiger partial charge in [-0.2, -0.15) is 0 Å². The van der Waals surface area contributed by atoms with Gasteiger partial charge >= 0.3 is 0 Å². The Bertz CT molecular complexity index is 490. The van der Waals surface area contributed by atoms with Crippen molar-refractivity contribution in [2.24, 2.45) is 0 Å². The molecule has 0 saturated carbocycles. The van der Waals surface area contributed by atoms with Crippen molar-refractivity contribution >= 4 is 23.1 Å². The van der Waals surface area contributed by atoms with Crippen LogP contribution in [0.25, 0.3) is 10.8 Å². The summed E-state index contributed by atoms with van der Waals surface area (Å²) in [5, 5.41) is 10.1. The average Bonchev–Trinajstić information content (AvgIpc) is 2.72. The summed E-state index contributed by atoms with van der Waals surface area (Å²) in [5.41, 5.74) is 0.951. The lowest BCUT2D eigenvalue weighted by Gasteiger charge is -1.96. The molecule has 0 aliphatic carbocycles. The molecule has 2 aromatic rings. The van der Waals surface area contributed by atoms with E-state index in [1.165, 1.54) is 0 Å². The second-order valence-electron chi connectivity index (χ2n) is 3.69. The molecule has 0 N–H and O–H groups in total. The largest absolute Gasteiger partial charge is 0.410 e. The zero-order valence-electron chi connectivity index (χ0n) is 9.64. The highest BCUT2D eigenvalue weighted by Crippen LogP contribution is 2.31. The molecule has 0 radical (unpaired) electrons. The van der Waals surface area contributed by atoms with Crippen LogP contribution in [0.4, 0.5) is 0 Å². The van der Waals surface area contributed by atoms with Gasteiger partial charge in [0, 0.05) is 5.25 Å². The van der Waals surface area contributed by atoms with Crippen LogP contribution in [-0.4, -0.2) is 20.4 Å². The van der Waals surface area contributed by atoms with E-state index in [4.69, 9.17) is 4.42 Å². The first-order chi connectivity index (χ1) is 7.56. The Hall–Kier alpha value is -0.880. The molecule has 0 amide bonds. The molecule has 16 heavy (non-hydrogen) atoms. The van der Waals surface area contributed by atoms with Crippen LogP contribution in [0.15, 0.2) is 9.64 Å². The molecule has 0 bridgehead atoms. The van der Waals surface area contributed by atoms with Crippen LogP contribution >= 0.6 is 23.1 Å². The van der Waals surface area contributed by atoms with Gasteiger partial charge < -0.3 is 4.42 Å². The van der Waals surface area contributed by atoms with E-state index in [9.17, 15) is 0 Å². The maximum Gasteiger partial charge on any atom is 0.277 e. The number of rotatable bonds is 3. The molecule has 0 aromatic carbocycles. The number of nitrogens with zero attached hydrogens (tertiary/aromatic N) is 3. The first kappa shape index (κ1) is 11.6. The number of aromatic nitrogens is 3. The van der Waals surface area contributed by atoms with Gasteiger partial charge in [-0.1, -0.05) is 25.6 Å². The van der Waals surface area contributed by atoms with Crippen molar-refractivity contribution in [1.82, 2.24) is 15.2 Å². The van der Waals surface area contributed by atoms with Gasteiger partial charge in [-0.05, 0) is 13.8 Å². The van der Waals surface area contributed by atoms with Crippen molar-refractivity contribution in [1.29, 1.82) is 0 Å². The van der Waals surface area contributed by atoms with Crippen molar-refractivity contribution in [3.8, 4) is 10.8 Å². The van der Waals surface area contributed by atoms with Crippen molar-refractivity contribution < 1.29 is 4.42 Å². The van der Waals surface area contributed by atoms with Crippen LogP contribution in [0.5, 0.6) is 0 Å². The van der Waals surface area contributed by atoms with E-state index in [1.54, 1.807) is 23.1 Å². The molecule has 2 aromatic heterocycles. The van der Waals surface area contributed by atoms with Gasteiger partial charge in [-0.25, -0.2) is 4.98 Å². The fraction of sp³-hybridized carbons (Fsp3) is 0.500. The first-order valence-electron chi connectivity index (χ1n) is 5.01. The van der Waals surface area contributed by atoms with Crippen LogP contribution in [0.1, 0.15) is 24.5 Å². The third-order valence-corrected chi connectivity index (χ3v) is 3.74. The summed E-state index contributed by atoms with van der Waals surface area (Å²) in [4.78, 5) is 5.31. The quantitative estimate of drug-likeness (QED) is 0.787. The van der Waals surface area contributed by atoms with Crippen LogP contribution in [0.3, 0.4) is 0 Å². The van der Waals surface area contributed by atoms with Gasteiger partial charge in [-0.15, -0.1) is 21.5 Å². The molecule has 0 spiro atoms. The standard InChI is InChI=1S/C10H13N3OS2/c1-5(2)15-10-13-12-9(14-10)8-6(3)11-7(4)16-8/h5H,1-4H3. The summed E-state index contributed by atoms with van der Waals surface area (Å²) >= 11 is 3.15. The van der Waals surface area contributed by atoms with E-state index >= 15 is 0 Å². The lowest BCUT2D eigenvalue weighted by molar-refractivity contribution is 0.466.